The van der Waals surface area contributed by atoms with Crippen LogP contribution in [0.4, 0.5) is 0 Å². The highest BCUT2D eigenvalue weighted by Crippen LogP contribution is 2.13. The first-order valence-corrected chi connectivity index (χ1v) is 9.33. The van der Waals surface area contributed by atoms with Crippen molar-refractivity contribution in [1.29, 1.82) is 0 Å². The number of aryl methyl sites for hydroxylation is 1. The molecule has 0 fully saturated rings. The molecule has 7 heteroatoms. The number of hydrogen-bond donors (Lipinski definition) is 2. The average molecular weight is 392 g/mol. The topological polar surface area (TPSA) is 99.2 Å². The summed E-state index contributed by atoms with van der Waals surface area (Å²) in [6.45, 7) is 0.586. The number of primary amides is 1. The summed E-state index contributed by atoms with van der Waals surface area (Å²) in [6, 6.07) is 16.7. The van der Waals surface area contributed by atoms with E-state index >= 15 is 0 Å². The van der Waals surface area contributed by atoms with Crippen LogP contribution in [0.3, 0.4) is 0 Å². The highest BCUT2D eigenvalue weighted by Gasteiger charge is 2.18. The molecule has 0 saturated heterocycles. The highest BCUT2D eigenvalue weighted by atomic mass is 16.5. The van der Waals surface area contributed by atoms with E-state index in [1.807, 2.05) is 48.7 Å². The Hall–Kier alpha value is -3.61. The monoisotopic (exact) mass is 392 g/mol. The fraction of sp³-hybridized carbons (Fsp3) is 0.227. The minimum atomic E-state index is -0.498. The van der Waals surface area contributed by atoms with Gasteiger partial charge in [0.15, 0.2) is 0 Å². The normalized spacial score (nSPS) is 11.6. The molecule has 0 unspecified atom stereocenters. The Morgan fingerprint density at radius 2 is 1.83 bits per heavy atom. The molecule has 0 bridgehead atoms. The molecular formula is C22H24N4O3. The van der Waals surface area contributed by atoms with E-state index in [2.05, 4.69) is 10.4 Å². The molecule has 29 heavy (non-hydrogen) atoms. The average Bonchev–Trinajstić information content (AvgIpc) is 3.15. The maximum absolute atomic E-state index is 12.4. The van der Waals surface area contributed by atoms with Crippen molar-refractivity contribution < 1.29 is 14.3 Å². The van der Waals surface area contributed by atoms with Gasteiger partial charge in [-0.15, -0.1) is 0 Å². The Balaban J connectivity index is 1.52. The molecule has 0 aliphatic heterocycles. The fourth-order valence-electron chi connectivity index (χ4n) is 2.89. The van der Waals surface area contributed by atoms with Crippen LogP contribution in [-0.2, 0) is 24.9 Å². The highest BCUT2D eigenvalue weighted by molar-refractivity contribution is 5.94. The van der Waals surface area contributed by atoms with Gasteiger partial charge in [-0.2, -0.15) is 5.10 Å². The number of para-hydroxylation sites is 1. The van der Waals surface area contributed by atoms with Crippen LogP contribution in [0.15, 0.2) is 67.0 Å². The predicted octanol–water partition coefficient (Wildman–Crippen LogP) is 2.07. The summed E-state index contributed by atoms with van der Waals surface area (Å²) in [4.78, 5) is 24.1. The number of nitrogens with two attached hydrogens (primary N) is 1. The van der Waals surface area contributed by atoms with E-state index in [4.69, 9.17) is 10.5 Å². The summed E-state index contributed by atoms with van der Waals surface area (Å²) in [5.41, 5.74) is 7.85. The van der Waals surface area contributed by atoms with Crippen molar-refractivity contribution in [1.82, 2.24) is 15.1 Å². The summed E-state index contributed by atoms with van der Waals surface area (Å²) in [5.74, 6) is -0.414. The molecule has 0 spiro atoms. The summed E-state index contributed by atoms with van der Waals surface area (Å²) < 4.78 is 7.36. The Bertz CT molecular complexity index is 952. The molecule has 3 aromatic rings. The van der Waals surface area contributed by atoms with Gasteiger partial charge in [-0.1, -0.05) is 30.3 Å². The second-order valence-corrected chi connectivity index (χ2v) is 6.83. The second kappa shape index (κ2) is 9.54. The smallest absolute Gasteiger partial charge is 0.251 e. The Labute approximate surface area is 169 Å². The number of amides is 2. The van der Waals surface area contributed by atoms with Crippen molar-refractivity contribution in [3.8, 4) is 5.75 Å². The maximum atomic E-state index is 12.4. The molecule has 0 radical (unpaired) electrons. The van der Waals surface area contributed by atoms with Crippen molar-refractivity contribution in [2.24, 2.45) is 18.7 Å². The van der Waals surface area contributed by atoms with Crippen molar-refractivity contribution in [3.05, 3.63) is 83.7 Å². The third kappa shape index (κ3) is 5.93. The van der Waals surface area contributed by atoms with Gasteiger partial charge in [0.05, 0.1) is 12.1 Å². The third-order valence-corrected chi connectivity index (χ3v) is 4.52. The SMILES string of the molecule is Cn1cc(C[C@H](CNC(=O)c2ccc(COc3ccccc3)cc2)C(N)=O)cn1. The van der Waals surface area contributed by atoms with E-state index in [0.29, 0.717) is 18.6 Å². The van der Waals surface area contributed by atoms with Gasteiger partial charge < -0.3 is 15.8 Å². The number of nitrogens with one attached hydrogen (secondary N) is 1. The minimum Gasteiger partial charge on any atom is -0.489 e. The molecule has 150 valence electrons. The maximum Gasteiger partial charge on any atom is 0.251 e. The van der Waals surface area contributed by atoms with Crippen LogP contribution in [0.5, 0.6) is 5.75 Å². The van der Waals surface area contributed by atoms with Crippen molar-refractivity contribution >= 4 is 11.8 Å². The van der Waals surface area contributed by atoms with E-state index in [9.17, 15) is 9.59 Å². The molecule has 1 heterocycles. The molecule has 1 atom stereocenters. The van der Waals surface area contributed by atoms with E-state index in [1.165, 1.54) is 0 Å². The van der Waals surface area contributed by atoms with Gasteiger partial charge in [0.1, 0.15) is 12.4 Å². The molecule has 3 rings (SSSR count). The zero-order valence-corrected chi connectivity index (χ0v) is 16.2. The quantitative estimate of drug-likeness (QED) is 0.582. The number of carbonyl (C=O) groups is 2. The lowest BCUT2D eigenvalue weighted by molar-refractivity contribution is -0.121. The van der Waals surface area contributed by atoms with Crippen LogP contribution < -0.4 is 15.8 Å². The molecule has 0 saturated carbocycles. The van der Waals surface area contributed by atoms with Crippen LogP contribution in [0.25, 0.3) is 0 Å². The number of nitrogens with zero attached hydrogens (tertiary/aromatic N) is 2. The minimum absolute atomic E-state index is 0.169. The van der Waals surface area contributed by atoms with Crippen LogP contribution in [0, 0.1) is 5.92 Å². The largest absolute Gasteiger partial charge is 0.489 e. The third-order valence-electron chi connectivity index (χ3n) is 4.52. The van der Waals surface area contributed by atoms with E-state index in [1.54, 1.807) is 30.1 Å². The molecule has 0 aliphatic carbocycles. The fourth-order valence-corrected chi connectivity index (χ4v) is 2.89. The number of hydrogen-bond acceptors (Lipinski definition) is 4. The van der Waals surface area contributed by atoms with E-state index in [-0.39, 0.29) is 12.5 Å². The lowest BCUT2D eigenvalue weighted by Crippen LogP contribution is -2.37. The lowest BCUT2D eigenvalue weighted by Gasteiger charge is -2.14. The zero-order chi connectivity index (χ0) is 20.6. The van der Waals surface area contributed by atoms with Crippen LogP contribution in [0.2, 0.25) is 0 Å². The predicted molar refractivity (Wildman–Crippen MR) is 109 cm³/mol. The lowest BCUT2D eigenvalue weighted by atomic mass is 10.0. The van der Waals surface area contributed by atoms with Crippen molar-refractivity contribution in [2.45, 2.75) is 13.0 Å². The number of aromatic nitrogens is 2. The van der Waals surface area contributed by atoms with Gasteiger partial charge in [0.2, 0.25) is 5.91 Å². The summed E-state index contributed by atoms with van der Waals surface area (Å²) in [6.07, 6.45) is 3.95. The number of carbonyl (C=O) groups excluding carboxylic acids is 2. The summed E-state index contributed by atoms with van der Waals surface area (Å²) >= 11 is 0. The number of ether oxygens (including phenoxy) is 1. The first-order valence-electron chi connectivity index (χ1n) is 9.33. The van der Waals surface area contributed by atoms with Crippen molar-refractivity contribution in [2.75, 3.05) is 6.54 Å². The molecule has 1 aromatic heterocycles. The molecule has 7 nitrogen and oxygen atoms in total. The second-order valence-electron chi connectivity index (χ2n) is 6.83. The molecule has 0 aliphatic rings. The molecule has 2 amide bonds. The number of benzene rings is 2. The Morgan fingerprint density at radius 1 is 1.10 bits per heavy atom. The van der Waals surface area contributed by atoms with Gasteiger partial charge in [0.25, 0.3) is 5.91 Å². The number of rotatable bonds is 9. The van der Waals surface area contributed by atoms with Gasteiger partial charge >= 0.3 is 0 Å². The van der Waals surface area contributed by atoms with E-state index < -0.39 is 11.8 Å². The van der Waals surface area contributed by atoms with E-state index in [0.717, 1.165) is 16.9 Å². The van der Waals surface area contributed by atoms with Gasteiger partial charge in [-0.3, -0.25) is 14.3 Å². The molecule has 2 aromatic carbocycles. The Morgan fingerprint density at radius 3 is 2.45 bits per heavy atom. The van der Waals surface area contributed by atoms with Gasteiger partial charge in [-0.05, 0) is 41.8 Å². The van der Waals surface area contributed by atoms with Crippen LogP contribution in [0.1, 0.15) is 21.5 Å². The van der Waals surface area contributed by atoms with Gasteiger partial charge in [0, 0.05) is 25.4 Å². The van der Waals surface area contributed by atoms with Gasteiger partial charge in [-0.25, -0.2) is 0 Å². The standard InChI is InChI=1S/C22H24N4O3/c1-26-14-17(12-25-26)11-19(21(23)27)13-24-22(28)18-9-7-16(8-10-18)15-29-20-5-3-2-4-6-20/h2-10,12,14,19H,11,13,15H2,1H3,(H2,23,27)(H,24,28)/t19-/m1/s1. The Kier molecular flexibility index (Phi) is 6.63. The van der Waals surface area contributed by atoms with Crippen molar-refractivity contribution in [3.63, 3.8) is 0 Å². The zero-order valence-electron chi connectivity index (χ0n) is 16.2. The van der Waals surface area contributed by atoms with Crippen LogP contribution in [-0.4, -0.2) is 28.1 Å². The first kappa shape index (κ1) is 20.1. The summed E-state index contributed by atoms with van der Waals surface area (Å²) in [7, 11) is 1.80. The summed E-state index contributed by atoms with van der Waals surface area (Å²) in [5, 5.41) is 6.87. The van der Waals surface area contributed by atoms with Crippen LogP contribution >= 0.6 is 0 Å². The molecule has 3 N–H and O–H groups in total. The molecular weight excluding hydrogens is 368 g/mol. The first-order chi connectivity index (χ1) is 14.0.